The van der Waals surface area contributed by atoms with Crippen molar-refractivity contribution in [3.05, 3.63) is 23.3 Å². The molecule has 1 atom stereocenters. The first-order valence-corrected chi connectivity index (χ1v) is 7.53. The molecule has 2 aliphatic carbocycles. The Labute approximate surface area is 116 Å². The third kappa shape index (κ3) is 2.40. The molecule has 3 rings (SSSR count). The van der Waals surface area contributed by atoms with E-state index in [9.17, 15) is 0 Å². The topological polar surface area (TPSA) is 37.8 Å². The third-order valence-corrected chi connectivity index (χ3v) is 4.67. The van der Waals surface area contributed by atoms with Gasteiger partial charge in [-0.3, -0.25) is 0 Å². The molecule has 0 saturated heterocycles. The predicted octanol–water partition coefficient (Wildman–Crippen LogP) is 3.15. The van der Waals surface area contributed by atoms with Crippen molar-refractivity contribution < 1.29 is 0 Å². The average Bonchev–Trinajstić information content (AvgIpc) is 3.07. The van der Waals surface area contributed by atoms with Gasteiger partial charge in [0.15, 0.2) is 0 Å². The molecule has 1 unspecified atom stereocenters. The van der Waals surface area contributed by atoms with Crippen molar-refractivity contribution in [1.29, 1.82) is 0 Å². The molecule has 0 aromatic carbocycles. The number of fused-ring (bicyclic) bond motifs is 1. The van der Waals surface area contributed by atoms with E-state index in [2.05, 4.69) is 44.2 Å². The highest BCUT2D eigenvalue weighted by Gasteiger charge is 2.43. The Kier molecular flexibility index (Phi) is 2.93. The summed E-state index contributed by atoms with van der Waals surface area (Å²) in [7, 11) is 0. The summed E-state index contributed by atoms with van der Waals surface area (Å²) in [6.45, 7) is 10.1. The molecular formula is C16H25N3. The molecule has 3 nitrogen and oxygen atoms in total. The second kappa shape index (κ2) is 4.27. The van der Waals surface area contributed by atoms with E-state index in [1.807, 2.05) is 0 Å². The predicted molar refractivity (Wildman–Crippen MR) is 77.1 cm³/mol. The van der Waals surface area contributed by atoms with E-state index in [0.717, 1.165) is 18.8 Å². The van der Waals surface area contributed by atoms with E-state index in [-0.39, 0.29) is 5.41 Å². The van der Waals surface area contributed by atoms with Crippen molar-refractivity contribution in [3.63, 3.8) is 0 Å². The van der Waals surface area contributed by atoms with E-state index in [1.54, 1.807) is 0 Å². The number of rotatable bonds is 3. The number of nitrogens with one attached hydrogen (secondary N) is 1. The number of nitrogens with zero attached hydrogens (tertiary/aromatic N) is 2. The third-order valence-electron chi connectivity index (χ3n) is 4.67. The second-order valence-corrected chi connectivity index (χ2v) is 7.31. The second-order valence-electron chi connectivity index (χ2n) is 7.31. The summed E-state index contributed by atoms with van der Waals surface area (Å²) in [6, 6.07) is 0.421. The normalized spacial score (nSPS) is 26.8. The number of hydrogen-bond acceptors (Lipinski definition) is 3. The molecule has 1 heterocycles. The zero-order chi connectivity index (χ0) is 13.7. The van der Waals surface area contributed by atoms with Crippen LogP contribution >= 0.6 is 0 Å². The minimum Gasteiger partial charge on any atom is -0.310 e. The van der Waals surface area contributed by atoms with Gasteiger partial charge in [-0.1, -0.05) is 27.7 Å². The average molecular weight is 259 g/mol. The lowest BCUT2D eigenvalue weighted by Gasteiger charge is -2.36. The molecule has 1 saturated carbocycles. The Morgan fingerprint density at radius 1 is 1.32 bits per heavy atom. The van der Waals surface area contributed by atoms with Gasteiger partial charge in [0.25, 0.3) is 0 Å². The Balaban J connectivity index is 1.98. The van der Waals surface area contributed by atoms with Crippen LogP contribution in [-0.4, -0.2) is 16.5 Å². The molecule has 2 aliphatic rings. The van der Waals surface area contributed by atoms with E-state index < -0.39 is 0 Å². The molecule has 0 bridgehead atoms. The minimum atomic E-state index is 0.268. The zero-order valence-electron chi connectivity index (χ0n) is 12.6. The van der Waals surface area contributed by atoms with Crippen LogP contribution in [0.5, 0.6) is 0 Å². The van der Waals surface area contributed by atoms with E-state index in [0.29, 0.717) is 11.5 Å². The largest absolute Gasteiger partial charge is 0.310 e. The molecule has 3 heteroatoms. The standard InChI is InChI=1S/C16H25N3/c1-5-17-12-8-15(2,3)9-13-11(12)10-18-14(19-13)16(4)6-7-16/h10,12,17H,5-9H2,1-4H3. The molecule has 0 amide bonds. The van der Waals surface area contributed by atoms with Crippen molar-refractivity contribution in [2.45, 2.75) is 64.8 Å². The maximum Gasteiger partial charge on any atom is 0.134 e. The van der Waals surface area contributed by atoms with Gasteiger partial charge in [0.2, 0.25) is 0 Å². The zero-order valence-corrected chi connectivity index (χ0v) is 12.6. The van der Waals surface area contributed by atoms with Crippen LogP contribution < -0.4 is 5.32 Å². The Bertz CT molecular complexity index is 489. The van der Waals surface area contributed by atoms with Gasteiger partial charge < -0.3 is 5.32 Å². The summed E-state index contributed by atoms with van der Waals surface area (Å²) in [4.78, 5) is 9.58. The fraction of sp³-hybridized carbons (Fsp3) is 0.750. The van der Waals surface area contributed by atoms with Gasteiger partial charge >= 0.3 is 0 Å². The molecule has 1 fully saturated rings. The molecule has 0 spiro atoms. The lowest BCUT2D eigenvalue weighted by Crippen LogP contribution is -2.34. The molecular weight excluding hydrogens is 234 g/mol. The van der Waals surface area contributed by atoms with Crippen LogP contribution in [0.1, 0.15) is 70.1 Å². The van der Waals surface area contributed by atoms with Gasteiger partial charge in [-0.05, 0) is 37.6 Å². The van der Waals surface area contributed by atoms with Gasteiger partial charge in [-0.25, -0.2) is 9.97 Å². The van der Waals surface area contributed by atoms with E-state index in [1.165, 1.54) is 30.5 Å². The summed E-state index contributed by atoms with van der Waals surface area (Å²) in [5.74, 6) is 1.07. The smallest absolute Gasteiger partial charge is 0.134 e. The highest BCUT2D eigenvalue weighted by atomic mass is 15.0. The minimum absolute atomic E-state index is 0.268. The van der Waals surface area contributed by atoms with Crippen LogP contribution in [0.4, 0.5) is 0 Å². The maximum atomic E-state index is 4.92. The highest BCUT2D eigenvalue weighted by molar-refractivity contribution is 5.29. The van der Waals surface area contributed by atoms with E-state index >= 15 is 0 Å². The molecule has 0 radical (unpaired) electrons. The molecule has 19 heavy (non-hydrogen) atoms. The van der Waals surface area contributed by atoms with Gasteiger partial charge in [0, 0.05) is 28.9 Å². The van der Waals surface area contributed by atoms with Crippen molar-refractivity contribution in [3.8, 4) is 0 Å². The molecule has 104 valence electrons. The van der Waals surface area contributed by atoms with Gasteiger partial charge in [0.05, 0.1) is 0 Å². The first-order chi connectivity index (χ1) is 8.93. The van der Waals surface area contributed by atoms with Crippen molar-refractivity contribution in [2.75, 3.05) is 6.54 Å². The fourth-order valence-corrected chi connectivity index (χ4v) is 3.18. The SMILES string of the molecule is CCNC1CC(C)(C)Cc2nc(C3(C)CC3)ncc21. The van der Waals surface area contributed by atoms with Crippen LogP contribution in [0.2, 0.25) is 0 Å². The molecule has 0 aliphatic heterocycles. The summed E-state index contributed by atoms with van der Waals surface area (Å²) < 4.78 is 0. The van der Waals surface area contributed by atoms with E-state index in [4.69, 9.17) is 4.98 Å². The van der Waals surface area contributed by atoms with Crippen LogP contribution in [0.15, 0.2) is 6.20 Å². The van der Waals surface area contributed by atoms with Crippen molar-refractivity contribution in [2.24, 2.45) is 5.41 Å². The lowest BCUT2D eigenvalue weighted by atomic mass is 9.74. The van der Waals surface area contributed by atoms with Crippen LogP contribution in [0.25, 0.3) is 0 Å². The van der Waals surface area contributed by atoms with Crippen LogP contribution in [0.3, 0.4) is 0 Å². The summed E-state index contributed by atoms with van der Waals surface area (Å²) in [5, 5.41) is 3.59. The Hall–Kier alpha value is -0.960. The van der Waals surface area contributed by atoms with Gasteiger partial charge in [-0.15, -0.1) is 0 Å². The quantitative estimate of drug-likeness (QED) is 0.906. The monoisotopic (exact) mass is 259 g/mol. The molecule has 1 aromatic rings. The molecule has 1 N–H and O–H groups in total. The van der Waals surface area contributed by atoms with Crippen LogP contribution in [0, 0.1) is 5.41 Å². The fourth-order valence-electron chi connectivity index (χ4n) is 3.18. The first kappa shape index (κ1) is 13.0. The summed E-state index contributed by atoms with van der Waals surface area (Å²) in [5.41, 5.74) is 3.20. The summed E-state index contributed by atoms with van der Waals surface area (Å²) in [6.07, 6.45) is 6.82. The van der Waals surface area contributed by atoms with Gasteiger partial charge in [0.1, 0.15) is 5.82 Å². The Morgan fingerprint density at radius 3 is 2.68 bits per heavy atom. The Morgan fingerprint density at radius 2 is 2.05 bits per heavy atom. The van der Waals surface area contributed by atoms with Crippen molar-refractivity contribution >= 4 is 0 Å². The van der Waals surface area contributed by atoms with Crippen LogP contribution in [-0.2, 0) is 11.8 Å². The summed E-state index contributed by atoms with van der Waals surface area (Å²) >= 11 is 0. The number of hydrogen-bond donors (Lipinski definition) is 1. The number of aromatic nitrogens is 2. The molecule has 1 aromatic heterocycles. The van der Waals surface area contributed by atoms with Gasteiger partial charge in [-0.2, -0.15) is 0 Å². The first-order valence-electron chi connectivity index (χ1n) is 7.53. The maximum absolute atomic E-state index is 4.92. The lowest BCUT2D eigenvalue weighted by molar-refractivity contribution is 0.254. The van der Waals surface area contributed by atoms with Crippen molar-refractivity contribution in [1.82, 2.24) is 15.3 Å². The highest BCUT2D eigenvalue weighted by Crippen LogP contribution is 2.47.